The number of benzene rings is 2. The second kappa shape index (κ2) is 10.3. The molecule has 4 aromatic rings. The van der Waals surface area contributed by atoms with E-state index in [2.05, 4.69) is 15.3 Å². The summed E-state index contributed by atoms with van der Waals surface area (Å²) in [5.41, 5.74) is 1.04. The van der Waals surface area contributed by atoms with Crippen molar-refractivity contribution in [1.29, 1.82) is 0 Å². The van der Waals surface area contributed by atoms with Gasteiger partial charge in [-0.25, -0.2) is 13.8 Å². The summed E-state index contributed by atoms with van der Waals surface area (Å²) in [5.74, 6) is -3.53. The lowest BCUT2D eigenvalue weighted by molar-refractivity contribution is -0.114. The maximum atomic E-state index is 15.4. The Balaban J connectivity index is 1.76. The SMILES string of the molecule is CCCN(c1ccc(F)c(C(=O)c2c[nH]c3ncc(-c4ccc(NC(C)=O)cc4)cc23)c1F)S(=O)[O-]. The van der Waals surface area contributed by atoms with Crippen LogP contribution in [0.15, 0.2) is 54.9 Å². The zero-order valence-electron chi connectivity index (χ0n) is 19.3. The van der Waals surface area contributed by atoms with Crippen LogP contribution in [0.25, 0.3) is 22.2 Å². The second-order valence-corrected chi connectivity index (χ2v) is 8.86. The molecule has 2 aromatic heterocycles. The van der Waals surface area contributed by atoms with Crippen LogP contribution in [0.5, 0.6) is 0 Å². The fourth-order valence-corrected chi connectivity index (χ4v) is 4.49. The number of aromatic amines is 1. The predicted molar refractivity (Wildman–Crippen MR) is 132 cm³/mol. The maximum absolute atomic E-state index is 15.4. The van der Waals surface area contributed by atoms with E-state index in [9.17, 15) is 22.7 Å². The van der Waals surface area contributed by atoms with E-state index in [1.165, 1.54) is 13.1 Å². The predicted octanol–water partition coefficient (Wildman–Crippen LogP) is 4.71. The standard InChI is InChI=1S/C25H22F2N4O4S/c1-3-10-31(36(34)35)21-9-8-20(26)22(23(21)27)24(33)19-13-29-25-18(19)11-16(12-28-25)15-4-6-17(7-5-15)30-14(2)32/h4-9,11-13H,3,10H2,1-2H3,(H,28,29)(H,30,32)(H,34,35)/p-1. The van der Waals surface area contributed by atoms with Crippen molar-refractivity contribution in [1.82, 2.24) is 9.97 Å². The van der Waals surface area contributed by atoms with E-state index in [-0.39, 0.29) is 18.0 Å². The minimum atomic E-state index is -2.81. The Labute approximate surface area is 207 Å². The van der Waals surface area contributed by atoms with Gasteiger partial charge in [0, 0.05) is 59.3 Å². The highest BCUT2D eigenvalue weighted by atomic mass is 32.2. The minimum absolute atomic E-state index is 0.0190. The Morgan fingerprint density at radius 1 is 1.14 bits per heavy atom. The first kappa shape index (κ1) is 25.1. The molecule has 186 valence electrons. The third kappa shape index (κ3) is 4.88. The highest BCUT2D eigenvalue weighted by Crippen LogP contribution is 2.31. The lowest BCUT2D eigenvalue weighted by atomic mass is 9.99. The molecule has 2 heterocycles. The molecule has 0 aliphatic carbocycles. The van der Waals surface area contributed by atoms with E-state index in [0.717, 1.165) is 22.0 Å². The van der Waals surface area contributed by atoms with Gasteiger partial charge < -0.3 is 14.9 Å². The number of hydrogen-bond donors (Lipinski definition) is 2. The van der Waals surface area contributed by atoms with Gasteiger partial charge in [-0.3, -0.25) is 18.1 Å². The van der Waals surface area contributed by atoms with Crippen LogP contribution < -0.4 is 9.62 Å². The fraction of sp³-hybridized carbons (Fsp3) is 0.160. The van der Waals surface area contributed by atoms with Crippen molar-refractivity contribution in [2.45, 2.75) is 20.3 Å². The number of pyridine rings is 1. The van der Waals surface area contributed by atoms with Crippen molar-refractivity contribution >= 4 is 45.4 Å². The molecule has 4 rings (SSSR count). The first-order chi connectivity index (χ1) is 17.2. The quantitative estimate of drug-likeness (QED) is 0.262. The molecule has 11 heteroatoms. The number of rotatable bonds is 8. The summed E-state index contributed by atoms with van der Waals surface area (Å²) < 4.78 is 54.0. The van der Waals surface area contributed by atoms with E-state index >= 15 is 4.39 Å². The van der Waals surface area contributed by atoms with Gasteiger partial charge in [0.1, 0.15) is 11.5 Å². The van der Waals surface area contributed by atoms with Crippen molar-refractivity contribution in [2.75, 3.05) is 16.2 Å². The average Bonchev–Trinajstić information content (AvgIpc) is 3.26. The highest BCUT2D eigenvalue weighted by molar-refractivity contribution is 7.80. The first-order valence-corrected chi connectivity index (χ1v) is 12.0. The summed E-state index contributed by atoms with van der Waals surface area (Å²) in [7, 11) is 0. The van der Waals surface area contributed by atoms with Crippen molar-refractivity contribution in [3.8, 4) is 11.1 Å². The van der Waals surface area contributed by atoms with Crippen LogP contribution in [-0.4, -0.2) is 37.0 Å². The van der Waals surface area contributed by atoms with Gasteiger partial charge in [-0.1, -0.05) is 19.1 Å². The summed E-state index contributed by atoms with van der Waals surface area (Å²) in [5, 5.41) is 3.01. The molecule has 0 saturated heterocycles. The molecule has 0 saturated carbocycles. The summed E-state index contributed by atoms with van der Waals surface area (Å²) in [6.07, 6.45) is 3.27. The molecule has 0 spiro atoms. The van der Waals surface area contributed by atoms with Gasteiger partial charge in [0.25, 0.3) is 0 Å². The van der Waals surface area contributed by atoms with Crippen LogP contribution >= 0.6 is 0 Å². The first-order valence-electron chi connectivity index (χ1n) is 11.0. The number of hydrogen-bond acceptors (Lipinski definition) is 5. The normalized spacial score (nSPS) is 11.9. The highest BCUT2D eigenvalue weighted by Gasteiger charge is 2.26. The zero-order valence-corrected chi connectivity index (χ0v) is 20.1. The van der Waals surface area contributed by atoms with E-state index in [1.807, 2.05) is 0 Å². The smallest absolute Gasteiger partial charge is 0.221 e. The summed E-state index contributed by atoms with van der Waals surface area (Å²) in [6, 6.07) is 10.5. The molecule has 2 N–H and O–H groups in total. The number of anilines is 2. The van der Waals surface area contributed by atoms with Crippen LogP contribution in [0.2, 0.25) is 0 Å². The molecule has 2 aromatic carbocycles. The molecule has 0 aliphatic heterocycles. The molecule has 0 aliphatic rings. The van der Waals surface area contributed by atoms with Gasteiger partial charge in [-0.15, -0.1) is 0 Å². The number of aromatic nitrogens is 2. The van der Waals surface area contributed by atoms with Crippen LogP contribution in [-0.2, 0) is 16.1 Å². The molecule has 1 unspecified atom stereocenters. The van der Waals surface area contributed by atoms with E-state index < -0.39 is 39.9 Å². The van der Waals surface area contributed by atoms with E-state index in [4.69, 9.17) is 0 Å². The van der Waals surface area contributed by atoms with E-state index in [1.54, 1.807) is 43.5 Å². The molecule has 8 nitrogen and oxygen atoms in total. The number of nitrogens with zero attached hydrogens (tertiary/aromatic N) is 2. The summed E-state index contributed by atoms with van der Waals surface area (Å²) in [6.45, 7) is 3.07. The lowest BCUT2D eigenvalue weighted by Gasteiger charge is -2.26. The number of nitrogens with one attached hydrogen (secondary N) is 2. The summed E-state index contributed by atoms with van der Waals surface area (Å²) >= 11 is -2.81. The molecule has 0 fully saturated rings. The Morgan fingerprint density at radius 3 is 2.50 bits per heavy atom. The summed E-state index contributed by atoms with van der Waals surface area (Å²) in [4.78, 5) is 31.7. The fourth-order valence-electron chi connectivity index (χ4n) is 3.85. The van der Waals surface area contributed by atoms with Gasteiger partial charge in [0.2, 0.25) is 11.7 Å². The number of H-pyrrole nitrogens is 1. The number of carbonyl (C=O) groups is 2. The van der Waals surface area contributed by atoms with Gasteiger partial charge >= 0.3 is 0 Å². The van der Waals surface area contributed by atoms with Crippen LogP contribution in [0, 0.1) is 11.6 Å². The van der Waals surface area contributed by atoms with Gasteiger partial charge in [0.05, 0.1) is 11.3 Å². The molecule has 0 radical (unpaired) electrons. The maximum Gasteiger partial charge on any atom is 0.221 e. The third-order valence-corrected chi connectivity index (χ3v) is 6.23. The van der Waals surface area contributed by atoms with Gasteiger partial charge in [0.15, 0.2) is 5.82 Å². The Kier molecular flexibility index (Phi) is 7.22. The van der Waals surface area contributed by atoms with E-state index in [0.29, 0.717) is 28.7 Å². The number of fused-ring (bicyclic) bond motifs is 1. The molecular weight excluding hydrogens is 490 g/mol. The average molecular weight is 512 g/mol. The molecular formula is C25H21F2N4O4S-. The minimum Gasteiger partial charge on any atom is -0.755 e. The molecule has 0 bridgehead atoms. The van der Waals surface area contributed by atoms with Crippen LogP contribution in [0.3, 0.4) is 0 Å². The Bertz CT molecular complexity index is 1490. The largest absolute Gasteiger partial charge is 0.755 e. The molecule has 36 heavy (non-hydrogen) atoms. The monoisotopic (exact) mass is 511 g/mol. The van der Waals surface area contributed by atoms with Crippen LogP contribution in [0.1, 0.15) is 36.2 Å². The Morgan fingerprint density at radius 2 is 1.86 bits per heavy atom. The van der Waals surface area contributed by atoms with Gasteiger partial charge in [-0.2, -0.15) is 0 Å². The molecule has 1 amide bonds. The van der Waals surface area contributed by atoms with Crippen molar-refractivity contribution in [3.63, 3.8) is 0 Å². The number of halogens is 2. The number of ketones is 1. The lowest BCUT2D eigenvalue weighted by Crippen LogP contribution is -2.28. The third-order valence-electron chi connectivity index (χ3n) is 5.49. The van der Waals surface area contributed by atoms with Crippen molar-refractivity contribution in [2.24, 2.45) is 0 Å². The van der Waals surface area contributed by atoms with Gasteiger partial charge in [-0.05, 0) is 42.3 Å². The van der Waals surface area contributed by atoms with Crippen molar-refractivity contribution in [3.05, 3.63) is 77.6 Å². The number of amides is 1. The van der Waals surface area contributed by atoms with Crippen molar-refractivity contribution < 1.29 is 27.1 Å². The Hall–Kier alpha value is -3.96. The van der Waals surface area contributed by atoms with Crippen LogP contribution in [0.4, 0.5) is 20.2 Å². The number of carbonyl (C=O) groups excluding carboxylic acids is 2. The topological polar surface area (TPSA) is 118 Å². The zero-order chi connectivity index (χ0) is 26.0. The molecule has 1 atom stereocenters. The second-order valence-electron chi connectivity index (χ2n) is 7.98.